The molecule has 5 rings (SSSR count). The van der Waals surface area contributed by atoms with Gasteiger partial charge in [0.2, 0.25) is 0 Å². The first-order chi connectivity index (χ1) is 17.0. The Bertz CT molecular complexity index is 1500. The number of aromatic nitrogens is 1. The van der Waals surface area contributed by atoms with E-state index in [0.29, 0.717) is 33.4 Å². The van der Waals surface area contributed by atoms with Gasteiger partial charge in [-0.3, -0.25) is 0 Å². The molecule has 0 amide bonds. The molecule has 0 atom stereocenters. The Kier molecular flexibility index (Phi) is 6.30. The monoisotopic (exact) mass is 500 g/mol. The molecule has 6 heteroatoms. The van der Waals surface area contributed by atoms with Gasteiger partial charge in [-0.15, -0.1) is 0 Å². The van der Waals surface area contributed by atoms with Crippen LogP contribution >= 0.6 is 23.2 Å². The average molecular weight is 501 g/mol. The lowest BCUT2D eigenvalue weighted by molar-refractivity contribution is 0.414. The molecule has 0 radical (unpaired) electrons. The lowest BCUT2D eigenvalue weighted by Gasteiger charge is -2.23. The highest BCUT2D eigenvalue weighted by Gasteiger charge is 2.24. The van der Waals surface area contributed by atoms with Crippen molar-refractivity contribution in [3.05, 3.63) is 106 Å². The molecule has 0 saturated heterocycles. The molecule has 1 aromatic heterocycles. The van der Waals surface area contributed by atoms with Crippen LogP contribution in [0.2, 0.25) is 5.02 Å². The number of allylic oxidation sites excluding steroid dienone is 1. The second-order valence-electron chi connectivity index (χ2n) is 8.22. The third kappa shape index (κ3) is 4.41. The number of rotatable bonds is 4. The van der Waals surface area contributed by atoms with Crippen LogP contribution in [0.1, 0.15) is 28.7 Å². The van der Waals surface area contributed by atoms with Crippen LogP contribution in [0.5, 0.6) is 5.75 Å². The minimum Gasteiger partial charge on any atom is -0.497 e. The molecule has 1 aliphatic rings. The predicted molar refractivity (Wildman–Crippen MR) is 139 cm³/mol. The lowest BCUT2D eigenvalue weighted by Crippen LogP contribution is -2.06. The number of hydrogen-bond acceptors (Lipinski definition) is 3. The molecule has 172 valence electrons. The van der Waals surface area contributed by atoms with E-state index < -0.39 is 0 Å². The van der Waals surface area contributed by atoms with Gasteiger partial charge in [0.1, 0.15) is 17.6 Å². The number of benzene rings is 3. The molecule has 3 aromatic carbocycles. The number of nitriles is 1. The first-order valence-electron chi connectivity index (χ1n) is 11.0. The van der Waals surface area contributed by atoms with Crippen LogP contribution < -0.4 is 4.74 Å². The Morgan fingerprint density at radius 2 is 1.60 bits per heavy atom. The van der Waals surface area contributed by atoms with Gasteiger partial charge in [0.25, 0.3) is 0 Å². The van der Waals surface area contributed by atoms with Crippen LogP contribution in [0.25, 0.3) is 33.1 Å². The maximum atomic E-state index is 13.6. The maximum Gasteiger partial charge on any atom is 0.123 e. The van der Waals surface area contributed by atoms with Crippen molar-refractivity contribution >= 4 is 33.8 Å². The number of aryl methyl sites for hydroxylation is 1. The largest absolute Gasteiger partial charge is 0.497 e. The molecule has 35 heavy (non-hydrogen) atoms. The summed E-state index contributed by atoms with van der Waals surface area (Å²) in [5, 5.41) is 11.4. The third-order valence-electron chi connectivity index (χ3n) is 6.17. The van der Waals surface area contributed by atoms with Crippen molar-refractivity contribution < 1.29 is 9.13 Å². The van der Waals surface area contributed by atoms with Gasteiger partial charge in [-0.2, -0.15) is 5.26 Å². The van der Waals surface area contributed by atoms with E-state index in [0.717, 1.165) is 45.6 Å². The summed E-state index contributed by atoms with van der Waals surface area (Å²) >= 11 is 13.1. The molecule has 0 unspecified atom stereocenters. The zero-order chi connectivity index (χ0) is 24.5. The minimum atomic E-state index is -0.328. The summed E-state index contributed by atoms with van der Waals surface area (Å²) in [4.78, 5) is 4.82. The average Bonchev–Trinajstić information content (AvgIpc) is 2.89. The molecule has 3 nitrogen and oxygen atoms in total. The summed E-state index contributed by atoms with van der Waals surface area (Å²) in [7, 11) is 1.64. The van der Waals surface area contributed by atoms with E-state index in [9.17, 15) is 9.65 Å². The second-order valence-corrected chi connectivity index (χ2v) is 9.03. The molecule has 0 bridgehead atoms. The van der Waals surface area contributed by atoms with E-state index in [4.69, 9.17) is 32.9 Å². The maximum absolute atomic E-state index is 13.6. The van der Waals surface area contributed by atoms with Crippen molar-refractivity contribution in [2.75, 3.05) is 7.11 Å². The fourth-order valence-corrected chi connectivity index (χ4v) is 4.89. The van der Waals surface area contributed by atoms with Gasteiger partial charge < -0.3 is 4.74 Å². The predicted octanol–water partition coefficient (Wildman–Crippen LogP) is 8.14. The second kappa shape index (κ2) is 9.54. The van der Waals surface area contributed by atoms with Crippen LogP contribution in [-0.2, 0) is 6.42 Å². The minimum absolute atomic E-state index is 0.328. The summed E-state index contributed by atoms with van der Waals surface area (Å²) in [5.41, 5.74) is 6.70. The molecule has 4 aromatic rings. The fourth-order valence-electron chi connectivity index (χ4n) is 4.38. The van der Waals surface area contributed by atoms with Gasteiger partial charge in [-0.05, 0) is 90.2 Å². The Morgan fingerprint density at radius 3 is 2.29 bits per heavy atom. The lowest BCUT2D eigenvalue weighted by atomic mass is 9.85. The standard InChI is InChI=1S/C29H19Cl2FN2O/c1-35-22-11-13-23-19(14-22)6-12-24(28(23)31)25-15-27(17-4-9-21(32)10-5-17)34-29(26(25)16-33)18-2-7-20(30)8-3-18/h2-5,7-11,13-15H,6,12H2,1H3. The van der Waals surface area contributed by atoms with Gasteiger partial charge in [0, 0.05) is 21.7 Å². The Hall–Kier alpha value is -3.65. The molecule has 1 aliphatic carbocycles. The molecule has 0 fully saturated rings. The van der Waals surface area contributed by atoms with Crippen molar-refractivity contribution in [3.63, 3.8) is 0 Å². The van der Waals surface area contributed by atoms with E-state index in [1.54, 1.807) is 31.4 Å². The molecular formula is C29H19Cl2FN2O. The fraction of sp³-hybridized carbons (Fsp3) is 0.103. The molecular weight excluding hydrogens is 482 g/mol. The number of hydrogen-bond donors (Lipinski definition) is 0. The Balaban J connectivity index is 1.76. The number of ether oxygens (including phenoxy) is 1. The highest BCUT2D eigenvalue weighted by molar-refractivity contribution is 6.53. The zero-order valence-electron chi connectivity index (χ0n) is 18.8. The van der Waals surface area contributed by atoms with E-state index >= 15 is 0 Å². The van der Waals surface area contributed by atoms with Gasteiger partial charge in [0.15, 0.2) is 0 Å². The summed E-state index contributed by atoms with van der Waals surface area (Å²) in [6, 6.07) is 23.4. The zero-order valence-corrected chi connectivity index (χ0v) is 20.3. The van der Waals surface area contributed by atoms with Crippen LogP contribution in [0, 0.1) is 17.1 Å². The number of halogens is 3. The van der Waals surface area contributed by atoms with E-state index in [1.807, 2.05) is 36.4 Å². The number of pyridine rings is 1. The molecule has 1 heterocycles. The SMILES string of the molecule is COc1ccc2c(c1)CCC(c1cc(-c3ccc(F)cc3)nc(-c3ccc(Cl)cc3)c1C#N)=C2Cl. The van der Waals surface area contributed by atoms with Crippen molar-refractivity contribution in [3.8, 4) is 34.3 Å². The van der Waals surface area contributed by atoms with Gasteiger partial charge in [-0.25, -0.2) is 9.37 Å². The van der Waals surface area contributed by atoms with Crippen LogP contribution in [0.15, 0.2) is 72.8 Å². The van der Waals surface area contributed by atoms with E-state index in [2.05, 4.69) is 6.07 Å². The molecule has 0 aliphatic heterocycles. The van der Waals surface area contributed by atoms with Gasteiger partial charge >= 0.3 is 0 Å². The number of nitrogens with zero attached hydrogens (tertiary/aromatic N) is 2. The normalized spacial score (nSPS) is 12.8. The summed E-state index contributed by atoms with van der Waals surface area (Å²) < 4.78 is 19.0. The summed E-state index contributed by atoms with van der Waals surface area (Å²) in [6.45, 7) is 0. The van der Waals surface area contributed by atoms with Crippen molar-refractivity contribution in [2.24, 2.45) is 0 Å². The molecule has 0 spiro atoms. The Morgan fingerprint density at radius 1 is 0.886 bits per heavy atom. The van der Waals surface area contributed by atoms with Gasteiger partial charge in [-0.1, -0.05) is 35.3 Å². The van der Waals surface area contributed by atoms with Gasteiger partial charge in [0.05, 0.1) is 29.1 Å². The van der Waals surface area contributed by atoms with E-state index in [1.165, 1.54) is 12.1 Å². The topological polar surface area (TPSA) is 45.9 Å². The quantitative estimate of drug-likeness (QED) is 0.284. The van der Waals surface area contributed by atoms with Crippen molar-refractivity contribution in [1.29, 1.82) is 5.26 Å². The summed E-state index contributed by atoms with van der Waals surface area (Å²) in [6.07, 6.45) is 1.41. The van der Waals surface area contributed by atoms with Crippen LogP contribution in [0.3, 0.4) is 0 Å². The first kappa shape index (κ1) is 23.1. The highest BCUT2D eigenvalue weighted by atomic mass is 35.5. The molecule has 0 N–H and O–H groups in total. The number of methoxy groups -OCH3 is 1. The summed E-state index contributed by atoms with van der Waals surface area (Å²) in [5.74, 6) is 0.451. The van der Waals surface area contributed by atoms with Crippen molar-refractivity contribution in [1.82, 2.24) is 4.98 Å². The highest BCUT2D eigenvalue weighted by Crippen LogP contribution is 2.43. The Labute approximate surface area is 213 Å². The van der Waals surface area contributed by atoms with Crippen LogP contribution in [-0.4, -0.2) is 12.1 Å². The van der Waals surface area contributed by atoms with E-state index in [-0.39, 0.29) is 5.82 Å². The number of fused-ring (bicyclic) bond motifs is 1. The smallest absolute Gasteiger partial charge is 0.123 e. The first-order valence-corrected chi connectivity index (χ1v) is 11.8. The van der Waals surface area contributed by atoms with Crippen LogP contribution in [0.4, 0.5) is 4.39 Å². The molecule has 0 saturated carbocycles. The third-order valence-corrected chi connectivity index (χ3v) is 6.86. The van der Waals surface area contributed by atoms with Crippen molar-refractivity contribution in [2.45, 2.75) is 12.8 Å².